The first kappa shape index (κ1) is 16.9. The maximum atomic E-state index is 11.7. The number of methoxy groups -OCH3 is 1. The van der Waals surface area contributed by atoms with Crippen molar-refractivity contribution in [1.82, 2.24) is 5.32 Å². The van der Waals surface area contributed by atoms with E-state index in [-0.39, 0.29) is 0 Å². The molecular weight excluding hydrogens is 306 g/mol. The third kappa shape index (κ3) is 5.70. The molecule has 1 aromatic heterocycles. The van der Waals surface area contributed by atoms with Crippen molar-refractivity contribution < 1.29 is 13.2 Å². The molecule has 2 unspecified atom stereocenters. The number of ether oxygens (including phenoxy) is 1. The van der Waals surface area contributed by atoms with E-state index in [0.29, 0.717) is 29.9 Å². The van der Waals surface area contributed by atoms with E-state index in [1.54, 1.807) is 18.4 Å². The van der Waals surface area contributed by atoms with Gasteiger partial charge in [0.25, 0.3) is 0 Å². The molecule has 6 heteroatoms. The van der Waals surface area contributed by atoms with Crippen LogP contribution in [0.15, 0.2) is 17.5 Å². The van der Waals surface area contributed by atoms with Gasteiger partial charge in [0.15, 0.2) is 9.84 Å². The second kappa shape index (κ2) is 8.27. The van der Waals surface area contributed by atoms with Crippen LogP contribution in [0, 0.1) is 11.8 Å². The van der Waals surface area contributed by atoms with Gasteiger partial charge in [-0.25, -0.2) is 8.42 Å². The number of hydrogen-bond acceptors (Lipinski definition) is 5. The average Bonchev–Trinajstić information content (AvgIpc) is 3.07. The normalized spacial score (nSPS) is 22.4. The van der Waals surface area contributed by atoms with Gasteiger partial charge in [-0.2, -0.15) is 0 Å². The van der Waals surface area contributed by atoms with Gasteiger partial charge >= 0.3 is 0 Å². The second-order valence-corrected chi connectivity index (χ2v) is 9.00. The van der Waals surface area contributed by atoms with Crippen LogP contribution in [0.3, 0.4) is 0 Å². The van der Waals surface area contributed by atoms with Gasteiger partial charge < -0.3 is 10.1 Å². The van der Waals surface area contributed by atoms with Crippen molar-refractivity contribution in [3.8, 4) is 0 Å². The smallest absolute Gasteiger partial charge is 0.150 e. The van der Waals surface area contributed by atoms with Crippen LogP contribution in [0.2, 0.25) is 0 Å². The zero-order valence-electron chi connectivity index (χ0n) is 12.6. The Morgan fingerprint density at radius 1 is 1.52 bits per heavy atom. The van der Waals surface area contributed by atoms with Crippen LogP contribution >= 0.6 is 11.3 Å². The Kier molecular flexibility index (Phi) is 6.67. The summed E-state index contributed by atoms with van der Waals surface area (Å²) >= 11 is 1.78. The van der Waals surface area contributed by atoms with E-state index >= 15 is 0 Å². The Hall–Kier alpha value is -0.430. The predicted octanol–water partition coefficient (Wildman–Crippen LogP) is 1.97. The van der Waals surface area contributed by atoms with Crippen LogP contribution in [-0.4, -0.2) is 46.7 Å². The maximum Gasteiger partial charge on any atom is 0.150 e. The summed E-state index contributed by atoms with van der Waals surface area (Å²) in [6.07, 6.45) is 2.93. The van der Waals surface area contributed by atoms with Crippen LogP contribution < -0.4 is 5.32 Å². The van der Waals surface area contributed by atoms with E-state index in [0.717, 1.165) is 32.4 Å². The first-order valence-corrected chi connectivity index (χ1v) is 10.2. The highest BCUT2D eigenvalue weighted by molar-refractivity contribution is 7.91. The predicted molar refractivity (Wildman–Crippen MR) is 87.6 cm³/mol. The van der Waals surface area contributed by atoms with E-state index in [4.69, 9.17) is 4.74 Å². The lowest BCUT2D eigenvalue weighted by Crippen LogP contribution is -2.31. The van der Waals surface area contributed by atoms with E-state index in [9.17, 15) is 8.42 Å². The van der Waals surface area contributed by atoms with E-state index in [1.165, 1.54) is 4.88 Å². The largest absolute Gasteiger partial charge is 0.383 e. The number of rotatable bonds is 9. The van der Waals surface area contributed by atoms with Crippen molar-refractivity contribution in [3.05, 3.63) is 22.4 Å². The summed E-state index contributed by atoms with van der Waals surface area (Å²) in [4.78, 5) is 1.39. The zero-order valence-corrected chi connectivity index (χ0v) is 14.2. The molecule has 0 aromatic carbocycles. The lowest BCUT2D eigenvalue weighted by molar-refractivity contribution is 0.195. The Bertz CT molecular complexity index is 499. The van der Waals surface area contributed by atoms with Gasteiger partial charge in [-0.15, -0.1) is 11.3 Å². The van der Waals surface area contributed by atoms with Crippen molar-refractivity contribution in [2.75, 3.05) is 38.3 Å². The Balaban J connectivity index is 1.86. The summed E-state index contributed by atoms with van der Waals surface area (Å²) in [5.41, 5.74) is 0. The van der Waals surface area contributed by atoms with Crippen LogP contribution in [0.1, 0.15) is 17.7 Å². The Labute approximate surface area is 131 Å². The van der Waals surface area contributed by atoms with Crippen LogP contribution in [0.4, 0.5) is 0 Å². The number of nitrogens with one attached hydrogen (secondary N) is 1. The Morgan fingerprint density at radius 3 is 3.00 bits per heavy atom. The van der Waals surface area contributed by atoms with Gasteiger partial charge in [0.2, 0.25) is 0 Å². The zero-order chi connectivity index (χ0) is 15.1. The van der Waals surface area contributed by atoms with Gasteiger partial charge in [-0.1, -0.05) is 6.07 Å². The molecule has 1 saturated heterocycles. The summed E-state index contributed by atoms with van der Waals surface area (Å²) in [7, 11) is -1.10. The van der Waals surface area contributed by atoms with Crippen molar-refractivity contribution in [1.29, 1.82) is 0 Å². The third-order valence-corrected chi connectivity index (χ3v) is 6.90. The summed E-state index contributed by atoms with van der Waals surface area (Å²) in [6.45, 7) is 2.40. The lowest BCUT2D eigenvalue weighted by Gasteiger charge is -2.23. The van der Waals surface area contributed by atoms with Gasteiger partial charge in [-0.3, -0.25) is 0 Å². The lowest BCUT2D eigenvalue weighted by atomic mass is 9.87. The molecule has 0 spiro atoms. The highest BCUT2D eigenvalue weighted by atomic mass is 32.2. The fourth-order valence-corrected chi connectivity index (χ4v) is 5.59. The fraction of sp³-hybridized carbons (Fsp3) is 0.733. The van der Waals surface area contributed by atoms with E-state index in [2.05, 4.69) is 22.8 Å². The van der Waals surface area contributed by atoms with E-state index in [1.807, 2.05) is 0 Å². The molecular formula is C15H25NO3S2. The molecule has 120 valence electrons. The molecule has 2 atom stereocenters. The molecule has 1 aliphatic rings. The summed E-state index contributed by atoms with van der Waals surface area (Å²) < 4.78 is 28.5. The van der Waals surface area contributed by atoms with E-state index < -0.39 is 9.84 Å². The minimum atomic E-state index is -2.80. The van der Waals surface area contributed by atoms with Crippen LogP contribution in [-0.2, 0) is 21.0 Å². The molecule has 0 bridgehead atoms. The molecule has 1 N–H and O–H groups in total. The minimum absolute atomic E-state index is 0.310. The highest BCUT2D eigenvalue weighted by Crippen LogP contribution is 2.29. The number of sulfone groups is 1. The molecule has 2 rings (SSSR count). The summed E-state index contributed by atoms with van der Waals surface area (Å²) in [6, 6.07) is 4.23. The quantitative estimate of drug-likeness (QED) is 0.703. The molecule has 1 aromatic rings. The molecule has 0 radical (unpaired) electrons. The standard InChI is InChI=1S/C15H25NO3S2/c1-19-8-7-16-11-13(4-5-15-3-2-9-20-15)14-6-10-21(17,18)12-14/h2-3,9,13-14,16H,4-8,10-12H2,1H3. The summed E-state index contributed by atoms with van der Waals surface area (Å²) in [5, 5.41) is 5.50. The second-order valence-electron chi connectivity index (χ2n) is 5.74. The Morgan fingerprint density at radius 2 is 2.38 bits per heavy atom. The molecule has 0 saturated carbocycles. The first-order chi connectivity index (χ1) is 10.1. The van der Waals surface area contributed by atoms with Crippen molar-refractivity contribution in [3.63, 3.8) is 0 Å². The van der Waals surface area contributed by atoms with Gasteiger partial charge in [0.1, 0.15) is 0 Å². The monoisotopic (exact) mass is 331 g/mol. The van der Waals surface area contributed by atoms with Crippen LogP contribution in [0.25, 0.3) is 0 Å². The SMILES string of the molecule is COCCNCC(CCc1cccs1)C1CCS(=O)(=O)C1. The van der Waals surface area contributed by atoms with Crippen LogP contribution in [0.5, 0.6) is 0 Å². The van der Waals surface area contributed by atoms with Crippen molar-refractivity contribution in [2.45, 2.75) is 19.3 Å². The van der Waals surface area contributed by atoms with Crippen molar-refractivity contribution in [2.24, 2.45) is 11.8 Å². The molecule has 1 fully saturated rings. The van der Waals surface area contributed by atoms with Crippen molar-refractivity contribution >= 4 is 21.2 Å². The minimum Gasteiger partial charge on any atom is -0.383 e. The fourth-order valence-electron chi connectivity index (χ4n) is 2.94. The number of thiophene rings is 1. The average molecular weight is 332 g/mol. The molecule has 2 heterocycles. The molecule has 21 heavy (non-hydrogen) atoms. The molecule has 1 aliphatic heterocycles. The van der Waals surface area contributed by atoms with Gasteiger partial charge in [-0.05, 0) is 49.1 Å². The van der Waals surface area contributed by atoms with Gasteiger partial charge in [0.05, 0.1) is 18.1 Å². The summed E-state index contributed by atoms with van der Waals surface area (Å²) in [5.74, 6) is 1.48. The maximum absolute atomic E-state index is 11.7. The molecule has 0 amide bonds. The van der Waals surface area contributed by atoms with Gasteiger partial charge in [0, 0.05) is 18.5 Å². The topological polar surface area (TPSA) is 55.4 Å². The highest BCUT2D eigenvalue weighted by Gasteiger charge is 2.33. The number of aryl methyl sites for hydroxylation is 1. The molecule has 0 aliphatic carbocycles. The number of hydrogen-bond donors (Lipinski definition) is 1. The molecule has 4 nitrogen and oxygen atoms in total. The first-order valence-electron chi connectivity index (χ1n) is 7.53. The third-order valence-electron chi connectivity index (χ3n) is 4.17.